The third kappa shape index (κ3) is 2.99. The molecule has 108 valence electrons. The first-order valence-electron chi connectivity index (χ1n) is 6.37. The van der Waals surface area contributed by atoms with E-state index in [-0.39, 0.29) is 12.5 Å². The van der Waals surface area contributed by atoms with Crippen molar-refractivity contribution in [3.05, 3.63) is 51.3 Å². The van der Waals surface area contributed by atoms with Gasteiger partial charge in [0.05, 0.1) is 18.8 Å². The van der Waals surface area contributed by atoms with E-state index in [0.717, 1.165) is 17.0 Å². The zero-order valence-corrected chi connectivity index (χ0v) is 12.7. The van der Waals surface area contributed by atoms with Crippen LogP contribution in [0.5, 0.6) is 0 Å². The van der Waals surface area contributed by atoms with Gasteiger partial charge >= 0.3 is 0 Å². The van der Waals surface area contributed by atoms with E-state index in [9.17, 15) is 0 Å². The first-order valence-corrected chi connectivity index (χ1v) is 7.13. The molecule has 6 heteroatoms. The number of nitrogens with zero attached hydrogens (tertiary/aromatic N) is 2. The van der Waals surface area contributed by atoms with Crippen molar-refractivity contribution in [2.24, 2.45) is 5.73 Å². The standard InChI is InChI=1S/C14H17Cl2N3O/c1-9-7-13(19(18-9)5-6-20)10(8-17)14-11(15)3-2-4-12(14)16/h2-4,7,10,20H,5-6,8,17H2,1H3. The molecule has 20 heavy (non-hydrogen) atoms. The molecule has 2 aromatic rings. The van der Waals surface area contributed by atoms with Crippen molar-refractivity contribution in [2.75, 3.05) is 13.2 Å². The van der Waals surface area contributed by atoms with Crippen molar-refractivity contribution >= 4 is 23.2 Å². The van der Waals surface area contributed by atoms with Crippen LogP contribution in [0.15, 0.2) is 24.3 Å². The fourth-order valence-corrected chi connectivity index (χ4v) is 3.01. The number of rotatable bonds is 5. The van der Waals surface area contributed by atoms with Gasteiger partial charge in [0.15, 0.2) is 0 Å². The molecule has 0 saturated carbocycles. The van der Waals surface area contributed by atoms with Gasteiger partial charge in [-0.2, -0.15) is 5.10 Å². The lowest BCUT2D eigenvalue weighted by molar-refractivity contribution is 0.266. The Bertz CT molecular complexity index is 578. The number of aliphatic hydroxyl groups is 1. The van der Waals surface area contributed by atoms with Crippen LogP contribution >= 0.6 is 23.2 Å². The maximum atomic E-state index is 9.14. The smallest absolute Gasteiger partial charge is 0.0644 e. The van der Waals surface area contributed by atoms with Crippen LogP contribution in [0, 0.1) is 6.92 Å². The van der Waals surface area contributed by atoms with E-state index in [1.807, 2.05) is 13.0 Å². The molecule has 1 atom stereocenters. The van der Waals surface area contributed by atoms with Crippen LogP contribution in [-0.2, 0) is 6.54 Å². The van der Waals surface area contributed by atoms with Crippen molar-refractivity contribution in [3.8, 4) is 0 Å². The Morgan fingerprint density at radius 1 is 1.35 bits per heavy atom. The fraction of sp³-hybridized carbons (Fsp3) is 0.357. The predicted molar refractivity (Wildman–Crippen MR) is 81.4 cm³/mol. The van der Waals surface area contributed by atoms with Gasteiger partial charge in [0.1, 0.15) is 0 Å². The minimum atomic E-state index is -0.149. The summed E-state index contributed by atoms with van der Waals surface area (Å²) < 4.78 is 1.76. The lowest BCUT2D eigenvalue weighted by Crippen LogP contribution is -2.20. The Morgan fingerprint density at radius 3 is 2.55 bits per heavy atom. The molecule has 1 heterocycles. The van der Waals surface area contributed by atoms with Crippen molar-refractivity contribution in [2.45, 2.75) is 19.4 Å². The minimum absolute atomic E-state index is 0.0155. The molecule has 0 amide bonds. The van der Waals surface area contributed by atoms with Gasteiger partial charge in [-0.15, -0.1) is 0 Å². The average molecular weight is 314 g/mol. The van der Waals surface area contributed by atoms with Crippen LogP contribution in [0.1, 0.15) is 22.9 Å². The Balaban J connectivity index is 2.52. The average Bonchev–Trinajstić information content (AvgIpc) is 2.75. The number of aromatic nitrogens is 2. The lowest BCUT2D eigenvalue weighted by Gasteiger charge is -2.19. The van der Waals surface area contributed by atoms with E-state index in [1.54, 1.807) is 22.9 Å². The summed E-state index contributed by atoms with van der Waals surface area (Å²) >= 11 is 12.5. The molecule has 0 spiro atoms. The normalized spacial score (nSPS) is 12.7. The Labute approximate surface area is 128 Å². The number of hydrogen-bond donors (Lipinski definition) is 2. The Kier molecular flexibility index (Phi) is 5.05. The summed E-state index contributed by atoms with van der Waals surface area (Å²) in [6.07, 6.45) is 0. The van der Waals surface area contributed by atoms with Crippen LogP contribution in [-0.4, -0.2) is 28.0 Å². The first kappa shape index (κ1) is 15.3. The maximum absolute atomic E-state index is 9.14. The Morgan fingerprint density at radius 2 is 2.00 bits per heavy atom. The second kappa shape index (κ2) is 6.59. The molecule has 0 saturated heterocycles. The third-order valence-corrected chi connectivity index (χ3v) is 3.85. The molecule has 0 fully saturated rings. The van der Waals surface area contributed by atoms with E-state index >= 15 is 0 Å². The summed E-state index contributed by atoms with van der Waals surface area (Å²) in [5.41, 5.74) is 8.51. The molecule has 2 rings (SSSR count). The summed E-state index contributed by atoms with van der Waals surface area (Å²) in [7, 11) is 0. The topological polar surface area (TPSA) is 64.1 Å². The molecule has 0 aliphatic rings. The van der Waals surface area contributed by atoms with Crippen molar-refractivity contribution in [1.82, 2.24) is 9.78 Å². The summed E-state index contributed by atoms with van der Waals surface area (Å²) in [4.78, 5) is 0. The molecule has 0 aliphatic heterocycles. The summed E-state index contributed by atoms with van der Waals surface area (Å²) in [5, 5.41) is 14.7. The number of aryl methyl sites for hydroxylation is 1. The Hall–Kier alpha value is -1.07. The van der Waals surface area contributed by atoms with E-state index < -0.39 is 0 Å². The maximum Gasteiger partial charge on any atom is 0.0644 e. The van der Waals surface area contributed by atoms with Crippen molar-refractivity contribution in [1.29, 1.82) is 0 Å². The zero-order chi connectivity index (χ0) is 14.7. The van der Waals surface area contributed by atoms with E-state index in [0.29, 0.717) is 23.1 Å². The molecular weight excluding hydrogens is 297 g/mol. The highest BCUT2D eigenvalue weighted by Crippen LogP contribution is 2.35. The number of aliphatic hydroxyl groups excluding tert-OH is 1. The van der Waals surface area contributed by atoms with Crippen LogP contribution < -0.4 is 5.73 Å². The quantitative estimate of drug-likeness (QED) is 0.891. The number of halogens is 2. The van der Waals surface area contributed by atoms with Gasteiger partial charge in [0.25, 0.3) is 0 Å². The monoisotopic (exact) mass is 313 g/mol. The van der Waals surface area contributed by atoms with Gasteiger partial charge in [-0.1, -0.05) is 29.3 Å². The molecule has 4 nitrogen and oxygen atoms in total. The van der Waals surface area contributed by atoms with Crippen LogP contribution in [0.2, 0.25) is 10.0 Å². The molecule has 1 aromatic carbocycles. The van der Waals surface area contributed by atoms with Gasteiger partial charge in [0.2, 0.25) is 0 Å². The highest BCUT2D eigenvalue weighted by molar-refractivity contribution is 6.36. The zero-order valence-electron chi connectivity index (χ0n) is 11.2. The van der Waals surface area contributed by atoms with E-state index in [4.69, 9.17) is 34.0 Å². The second-order valence-electron chi connectivity index (χ2n) is 4.58. The molecule has 0 bridgehead atoms. The lowest BCUT2D eigenvalue weighted by atomic mass is 9.95. The number of hydrogen-bond acceptors (Lipinski definition) is 3. The molecule has 3 N–H and O–H groups in total. The van der Waals surface area contributed by atoms with E-state index in [1.165, 1.54) is 0 Å². The molecular formula is C14H17Cl2N3O. The highest BCUT2D eigenvalue weighted by atomic mass is 35.5. The highest BCUT2D eigenvalue weighted by Gasteiger charge is 2.22. The molecule has 0 radical (unpaired) electrons. The first-order chi connectivity index (χ1) is 9.58. The minimum Gasteiger partial charge on any atom is -0.394 e. The van der Waals surface area contributed by atoms with Gasteiger partial charge < -0.3 is 10.8 Å². The molecule has 1 unspecified atom stereocenters. The third-order valence-electron chi connectivity index (χ3n) is 3.19. The number of nitrogens with two attached hydrogens (primary N) is 1. The largest absolute Gasteiger partial charge is 0.394 e. The summed E-state index contributed by atoms with van der Waals surface area (Å²) in [5.74, 6) is -0.149. The van der Waals surface area contributed by atoms with Crippen LogP contribution in [0.4, 0.5) is 0 Å². The summed E-state index contributed by atoms with van der Waals surface area (Å²) in [6, 6.07) is 7.35. The van der Waals surface area contributed by atoms with Gasteiger partial charge in [-0.25, -0.2) is 0 Å². The van der Waals surface area contributed by atoms with Crippen LogP contribution in [0.25, 0.3) is 0 Å². The van der Waals surface area contributed by atoms with Gasteiger partial charge in [-0.05, 0) is 30.7 Å². The second-order valence-corrected chi connectivity index (χ2v) is 5.40. The van der Waals surface area contributed by atoms with E-state index in [2.05, 4.69) is 5.10 Å². The van der Waals surface area contributed by atoms with Gasteiger partial charge in [0, 0.05) is 28.2 Å². The number of benzene rings is 1. The fourth-order valence-electron chi connectivity index (χ4n) is 2.35. The summed E-state index contributed by atoms with van der Waals surface area (Å²) in [6.45, 7) is 2.70. The van der Waals surface area contributed by atoms with Gasteiger partial charge in [-0.3, -0.25) is 4.68 Å². The SMILES string of the molecule is Cc1cc(C(CN)c2c(Cl)cccc2Cl)n(CCO)n1. The predicted octanol–water partition coefficient (Wildman–Crippen LogP) is 2.58. The van der Waals surface area contributed by atoms with Crippen molar-refractivity contribution < 1.29 is 5.11 Å². The molecule has 0 aliphatic carbocycles. The van der Waals surface area contributed by atoms with Crippen molar-refractivity contribution in [3.63, 3.8) is 0 Å². The molecule has 1 aromatic heterocycles. The van der Waals surface area contributed by atoms with Crippen LogP contribution in [0.3, 0.4) is 0 Å².